The Bertz CT molecular complexity index is 123. The van der Waals surface area contributed by atoms with E-state index in [2.05, 4.69) is 45.0 Å². The maximum Gasteiger partial charge on any atom is 0.00759 e. The van der Waals surface area contributed by atoms with Crippen LogP contribution in [0.2, 0.25) is 0 Å². The third-order valence-electron chi connectivity index (χ3n) is 2.80. The molecule has 1 unspecified atom stereocenters. The SMILES string of the molecule is CCNCCC(C)N(C)CCC(C)C. The van der Waals surface area contributed by atoms with Crippen LogP contribution >= 0.6 is 0 Å². The molecule has 0 aromatic carbocycles. The van der Waals surface area contributed by atoms with E-state index in [1.165, 1.54) is 19.4 Å². The van der Waals surface area contributed by atoms with Gasteiger partial charge in [-0.2, -0.15) is 0 Å². The lowest BCUT2D eigenvalue weighted by Crippen LogP contribution is -2.33. The molecule has 0 aliphatic rings. The Kier molecular flexibility index (Phi) is 8.20. The standard InChI is InChI=1S/C12H28N2/c1-6-13-9-7-12(4)14(5)10-8-11(2)3/h11-13H,6-10H2,1-5H3. The third kappa shape index (κ3) is 7.34. The van der Waals surface area contributed by atoms with Crippen molar-refractivity contribution >= 4 is 0 Å². The van der Waals surface area contributed by atoms with Gasteiger partial charge in [0.15, 0.2) is 0 Å². The highest BCUT2D eigenvalue weighted by Crippen LogP contribution is 2.05. The molecule has 1 N–H and O–H groups in total. The Hall–Kier alpha value is -0.0800. The second-order valence-electron chi connectivity index (χ2n) is 4.65. The zero-order valence-electron chi connectivity index (χ0n) is 10.6. The Morgan fingerprint density at radius 1 is 1.14 bits per heavy atom. The monoisotopic (exact) mass is 200 g/mol. The Balaban J connectivity index is 3.49. The van der Waals surface area contributed by atoms with E-state index in [4.69, 9.17) is 0 Å². The molecule has 0 spiro atoms. The minimum atomic E-state index is 0.702. The van der Waals surface area contributed by atoms with Crippen molar-refractivity contribution in [3.8, 4) is 0 Å². The molecule has 0 aromatic rings. The van der Waals surface area contributed by atoms with Gasteiger partial charge in [-0.25, -0.2) is 0 Å². The summed E-state index contributed by atoms with van der Waals surface area (Å²) in [4.78, 5) is 2.47. The van der Waals surface area contributed by atoms with Gasteiger partial charge in [0.25, 0.3) is 0 Å². The lowest BCUT2D eigenvalue weighted by molar-refractivity contribution is 0.232. The molecular weight excluding hydrogens is 172 g/mol. The van der Waals surface area contributed by atoms with Crippen LogP contribution in [-0.4, -0.2) is 37.6 Å². The van der Waals surface area contributed by atoms with Crippen molar-refractivity contribution in [1.29, 1.82) is 0 Å². The molecule has 0 aliphatic heterocycles. The number of hydrogen-bond donors (Lipinski definition) is 1. The van der Waals surface area contributed by atoms with Gasteiger partial charge in [-0.05, 0) is 52.4 Å². The molecule has 0 aromatic heterocycles. The second-order valence-corrected chi connectivity index (χ2v) is 4.65. The fraction of sp³-hybridized carbons (Fsp3) is 1.00. The average molecular weight is 200 g/mol. The van der Waals surface area contributed by atoms with Crippen LogP contribution in [0.3, 0.4) is 0 Å². The molecule has 0 rings (SSSR count). The maximum atomic E-state index is 3.37. The van der Waals surface area contributed by atoms with Crippen molar-refractivity contribution in [3.05, 3.63) is 0 Å². The van der Waals surface area contributed by atoms with Gasteiger partial charge in [0.1, 0.15) is 0 Å². The van der Waals surface area contributed by atoms with Gasteiger partial charge in [0, 0.05) is 6.04 Å². The van der Waals surface area contributed by atoms with Crippen LogP contribution in [0, 0.1) is 5.92 Å². The van der Waals surface area contributed by atoms with Crippen LogP contribution in [0.25, 0.3) is 0 Å². The van der Waals surface area contributed by atoms with Crippen LogP contribution in [-0.2, 0) is 0 Å². The number of nitrogens with one attached hydrogen (secondary N) is 1. The highest BCUT2D eigenvalue weighted by atomic mass is 15.1. The van der Waals surface area contributed by atoms with E-state index < -0.39 is 0 Å². The highest BCUT2D eigenvalue weighted by Gasteiger charge is 2.08. The zero-order valence-corrected chi connectivity index (χ0v) is 10.6. The Morgan fingerprint density at radius 3 is 2.29 bits per heavy atom. The topological polar surface area (TPSA) is 15.3 Å². The molecule has 14 heavy (non-hydrogen) atoms. The molecule has 0 heterocycles. The summed E-state index contributed by atoms with van der Waals surface area (Å²) in [6.45, 7) is 12.5. The van der Waals surface area contributed by atoms with Crippen LogP contribution in [0.15, 0.2) is 0 Å². The fourth-order valence-electron chi connectivity index (χ4n) is 1.39. The molecule has 2 nitrogen and oxygen atoms in total. The number of hydrogen-bond acceptors (Lipinski definition) is 2. The van der Waals surface area contributed by atoms with Gasteiger partial charge in [-0.3, -0.25) is 0 Å². The van der Waals surface area contributed by atoms with Gasteiger partial charge in [0.05, 0.1) is 0 Å². The molecule has 0 bridgehead atoms. The van der Waals surface area contributed by atoms with Crippen molar-refractivity contribution in [1.82, 2.24) is 10.2 Å². The number of rotatable bonds is 8. The van der Waals surface area contributed by atoms with Crippen molar-refractivity contribution < 1.29 is 0 Å². The molecule has 1 atom stereocenters. The molecule has 0 radical (unpaired) electrons. The minimum Gasteiger partial charge on any atom is -0.317 e. The van der Waals surface area contributed by atoms with Gasteiger partial charge in [-0.1, -0.05) is 20.8 Å². The molecule has 0 fully saturated rings. The first kappa shape index (κ1) is 13.9. The molecule has 86 valence electrons. The summed E-state index contributed by atoms with van der Waals surface area (Å²) in [6, 6.07) is 0.702. The molecule has 0 amide bonds. The second kappa shape index (κ2) is 8.25. The summed E-state index contributed by atoms with van der Waals surface area (Å²) in [5.41, 5.74) is 0. The van der Waals surface area contributed by atoms with E-state index in [0.717, 1.165) is 19.0 Å². The normalized spacial score (nSPS) is 13.9. The van der Waals surface area contributed by atoms with Gasteiger partial charge >= 0.3 is 0 Å². The van der Waals surface area contributed by atoms with Gasteiger partial charge in [0.2, 0.25) is 0 Å². The Labute approximate surface area is 90.1 Å². The largest absolute Gasteiger partial charge is 0.317 e. The quantitative estimate of drug-likeness (QED) is 0.605. The predicted molar refractivity (Wildman–Crippen MR) is 64.7 cm³/mol. The van der Waals surface area contributed by atoms with Crippen LogP contribution in [0.4, 0.5) is 0 Å². The molecule has 0 saturated carbocycles. The van der Waals surface area contributed by atoms with E-state index in [1.54, 1.807) is 0 Å². The first-order chi connectivity index (χ1) is 6.57. The number of nitrogens with zero attached hydrogens (tertiary/aromatic N) is 1. The summed E-state index contributed by atoms with van der Waals surface area (Å²) in [5.74, 6) is 0.818. The van der Waals surface area contributed by atoms with Crippen LogP contribution < -0.4 is 5.32 Å². The van der Waals surface area contributed by atoms with Crippen LogP contribution in [0.1, 0.15) is 40.5 Å². The van der Waals surface area contributed by atoms with E-state index in [-0.39, 0.29) is 0 Å². The molecule has 0 aliphatic carbocycles. The van der Waals surface area contributed by atoms with E-state index >= 15 is 0 Å². The zero-order chi connectivity index (χ0) is 11.0. The van der Waals surface area contributed by atoms with Gasteiger partial charge in [-0.15, -0.1) is 0 Å². The summed E-state index contributed by atoms with van der Waals surface area (Å²) < 4.78 is 0. The van der Waals surface area contributed by atoms with Gasteiger partial charge < -0.3 is 10.2 Å². The van der Waals surface area contributed by atoms with Crippen molar-refractivity contribution in [2.75, 3.05) is 26.7 Å². The van der Waals surface area contributed by atoms with Crippen molar-refractivity contribution in [3.63, 3.8) is 0 Å². The summed E-state index contributed by atoms with van der Waals surface area (Å²) in [7, 11) is 2.24. The summed E-state index contributed by atoms with van der Waals surface area (Å²) in [6.07, 6.45) is 2.56. The van der Waals surface area contributed by atoms with E-state index in [0.29, 0.717) is 6.04 Å². The predicted octanol–water partition coefficient (Wildman–Crippen LogP) is 2.35. The van der Waals surface area contributed by atoms with Crippen molar-refractivity contribution in [2.24, 2.45) is 5.92 Å². The average Bonchev–Trinajstić information content (AvgIpc) is 2.14. The summed E-state index contributed by atoms with van der Waals surface area (Å²) in [5, 5.41) is 3.37. The molecular formula is C12H28N2. The first-order valence-electron chi connectivity index (χ1n) is 5.98. The summed E-state index contributed by atoms with van der Waals surface area (Å²) >= 11 is 0. The minimum absolute atomic E-state index is 0.702. The van der Waals surface area contributed by atoms with Crippen molar-refractivity contribution in [2.45, 2.75) is 46.6 Å². The van der Waals surface area contributed by atoms with E-state index in [1.807, 2.05) is 0 Å². The Morgan fingerprint density at radius 2 is 1.79 bits per heavy atom. The third-order valence-corrected chi connectivity index (χ3v) is 2.80. The fourth-order valence-corrected chi connectivity index (χ4v) is 1.39. The smallest absolute Gasteiger partial charge is 0.00759 e. The lowest BCUT2D eigenvalue weighted by Gasteiger charge is -2.25. The highest BCUT2D eigenvalue weighted by molar-refractivity contribution is 4.65. The van der Waals surface area contributed by atoms with Crippen LogP contribution in [0.5, 0.6) is 0 Å². The first-order valence-corrected chi connectivity index (χ1v) is 5.98. The maximum absolute atomic E-state index is 3.37. The molecule has 0 saturated heterocycles. The van der Waals surface area contributed by atoms with E-state index in [9.17, 15) is 0 Å². The lowest BCUT2D eigenvalue weighted by atomic mass is 10.1. The molecule has 2 heteroatoms.